The second-order valence-corrected chi connectivity index (χ2v) is 4.49. The van der Waals surface area contributed by atoms with Crippen LogP contribution in [0.15, 0.2) is 17.1 Å². The zero-order chi connectivity index (χ0) is 13.5. The highest BCUT2D eigenvalue weighted by atomic mass is 16.5. The minimum absolute atomic E-state index is 0.0999. The van der Waals surface area contributed by atoms with Crippen LogP contribution in [0, 0.1) is 5.92 Å². The van der Waals surface area contributed by atoms with Crippen molar-refractivity contribution >= 4 is 5.69 Å². The van der Waals surface area contributed by atoms with Crippen molar-refractivity contribution < 1.29 is 4.74 Å². The Morgan fingerprint density at radius 3 is 2.89 bits per heavy atom. The highest BCUT2D eigenvalue weighted by Crippen LogP contribution is 2.06. The molecule has 1 rings (SSSR count). The van der Waals surface area contributed by atoms with E-state index in [1.54, 1.807) is 19.4 Å². The quantitative estimate of drug-likeness (QED) is 0.737. The number of aromatic nitrogens is 2. The standard InChI is InChI=1S/C12H22N4O2/c1-10(7-13)9-16-12(17)6-11(8-14-16)15(2)4-5-18-3/h6,8,10H,4-5,7,9,13H2,1-3H3. The lowest BCUT2D eigenvalue weighted by Gasteiger charge is -2.18. The number of hydrogen-bond acceptors (Lipinski definition) is 5. The molecule has 1 aromatic heterocycles. The van der Waals surface area contributed by atoms with Gasteiger partial charge in [0.2, 0.25) is 0 Å². The number of nitrogens with two attached hydrogens (primary N) is 1. The molecule has 1 unspecified atom stereocenters. The minimum Gasteiger partial charge on any atom is -0.383 e. The van der Waals surface area contributed by atoms with Gasteiger partial charge in [-0.15, -0.1) is 0 Å². The molecule has 0 saturated carbocycles. The molecule has 1 atom stereocenters. The smallest absolute Gasteiger partial charge is 0.268 e. The van der Waals surface area contributed by atoms with Crippen LogP contribution < -0.4 is 16.2 Å². The lowest BCUT2D eigenvalue weighted by molar-refractivity contribution is 0.206. The SMILES string of the molecule is COCCN(C)c1cnn(CC(C)CN)c(=O)c1. The van der Waals surface area contributed by atoms with Crippen LogP contribution in [0.1, 0.15) is 6.92 Å². The summed E-state index contributed by atoms with van der Waals surface area (Å²) in [4.78, 5) is 13.8. The molecule has 18 heavy (non-hydrogen) atoms. The van der Waals surface area contributed by atoms with E-state index in [0.717, 1.165) is 12.2 Å². The van der Waals surface area contributed by atoms with Gasteiger partial charge in [-0.05, 0) is 12.5 Å². The number of likely N-dealkylation sites (N-methyl/N-ethyl adjacent to an activating group) is 1. The van der Waals surface area contributed by atoms with Crippen LogP contribution in [-0.4, -0.2) is 43.6 Å². The van der Waals surface area contributed by atoms with Gasteiger partial charge in [0.1, 0.15) is 0 Å². The number of methoxy groups -OCH3 is 1. The van der Waals surface area contributed by atoms with Gasteiger partial charge in [-0.2, -0.15) is 5.10 Å². The van der Waals surface area contributed by atoms with Crippen LogP contribution in [0.5, 0.6) is 0 Å². The van der Waals surface area contributed by atoms with Crippen molar-refractivity contribution in [3.63, 3.8) is 0 Å². The number of anilines is 1. The second kappa shape index (κ2) is 7.13. The Morgan fingerprint density at radius 2 is 2.33 bits per heavy atom. The lowest BCUT2D eigenvalue weighted by Crippen LogP contribution is -2.30. The van der Waals surface area contributed by atoms with Gasteiger partial charge < -0.3 is 15.4 Å². The fraction of sp³-hybridized carbons (Fsp3) is 0.667. The van der Waals surface area contributed by atoms with Gasteiger partial charge >= 0.3 is 0 Å². The van der Waals surface area contributed by atoms with Gasteiger partial charge in [0, 0.05) is 33.3 Å². The molecular formula is C12H22N4O2. The van der Waals surface area contributed by atoms with Crippen molar-refractivity contribution in [1.82, 2.24) is 9.78 Å². The molecule has 2 N–H and O–H groups in total. The molecule has 0 spiro atoms. The Hall–Kier alpha value is -1.40. The summed E-state index contributed by atoms with van der Waals surface area (Å²) in [6.07, 6.45) is 1.69. The fourth-order valence-electron chi connectivity index (χ4n) is 1.50. The minimum atomic E-state index is -0.0999. The number of rotatable bonds is 7. The summed E-state index contributed by atoms with van der Waals surface area (Å²) >= 11 is 0. The van der Waals surface area contributed by atoms with Crippen LogP contribution in [-0.2, 0) is 11.3 Å². The predicted molar refractivity (Wildman–Crippen MR) is 71.9 cm³/mol. The first-order valence-corrected chi connectivity index (χ1v) is 6.05. The molecule has 1 aromatic rings. The summed E-state index contributed by atoms with van der Waals surface area (Å²) in [6.45, 7) is 4.43. The molecule has 0 aliphatic heterocycles. The van der Waals surface area contributed by atoms with Crippen LogP contribution in [0.3, 0.4) is 0 Å². The monoisotopic (exact) mass is 254 g/mol. The normalized spacial score (nSPS) is 12.4. The van der Waals surface area contributed by atoms with Crippen molar-refractivity contribution in [2.24, 2.45) is 11.7 Å². The highest BCUT2D eigenvalue weighted by Gasteiger charge is 2.07. The van der Waals surface area contributed by atoms with E-state index >= 15 is 0 Å². The average molecular weight is 254 g/mol. The number of hydrogen-bond donors (Lipinski definition) is 1. The zero-order valence-electron chi connectivity index (χ0n) is 11.3. The molecule has 0 aromatic carbocycles. The molecule has 6 heteroatoms. The summed E-state index contributed by atoms with van der Waals surface area (Å²) in [7, 11) is 3.56. The molecule has 0 amide bonds. The average Bonchev–Trinajstić information content (AvgIpc) is 2.38. The van der Waals surface area contributed by atoms with E-state index in [-0.39, 0.29) is 11.5 Å². The summed E-state index contributed by atoms with van der Waals surface area (Å²) < 4.78 is 6.45. The van der Waals surface area contributed by atoms with Crippen LogP contribution in [0.25, 0.3) is 0 Å². The van der Waals surface area contributed by atoms with E-state index in [0.29, 0.717) is 19.7 Å². The molecule has 1 heterocycles. The van der Waals surface area contributed by atoms with Crippen LogP contribution in [0.2, 0.25) is 0 Å². The summed E-state index contributed by atoms with van der Waals surface area (Å²) in [5.41, 5.74) is 6.24. The summed E-state index contributed by atoms with van der Waals surface area (Å²) in [5, 5.41) is 4.16. The van der Waals surface area contributed by atoms with Crippen molar-refractivity contribution in [2.45, 2.75) is 13.5 Å². The maximum Gasteiger partial charge on any atom is 0.268 e. The van der Waals surface area contributed by atoms with Gasteiger partial charge in [-0.1, -0.05) is 6.92 Å². The van der Waals surface area contributed by atoms with Crippen molar-refractivity contribution in [2.75, 3.05) is 38.8 Å². The topological polar surface area (TPSA) is 73.4 Å². The van der Waals surface area contributed by atoms with Crippen molar-refractivity contribution in [3.8, 4) is 0 Å². The molecule has 0 fully saturated rings. The van der Waals surface area contributed by atoms with Gasteiger partial charge in [0.15, 0.2) is 0 Å². The maximum atomic E-state index is 11.9. The highest BCUT2D eigenvalue weighted by molar-refractivity contribution is 5.41. The summed E-state index contributed by atoms with van der Waals surface area (Å²) in [6, 6.07) is 1.59. The largest absolute Gasteiger partial charge is 0.383 e. The first-order chi connectivity index (χ1) is 8.58. The van der Waals surface area contributed by atoms with Crippen molar-refractivity contribution in [1.29, 1.82) is 0 Å². The third-order valence-corrected chi connectivity index (χ3v) is 2.81. The van der Waals surface area contributed by atoms with Crippen molar-refractivity contribution in [3.05, 3.63) is 22.6 Å². The molecule has 0 radical (unpaired) electrons. The van der Waals surface area contributed by atoms with Gasteiger partial charge in [0.05, 0.1) is 18.5 Å². The zero-order valence-corrected chi connectivity index (χ0v) is 11.3. The molecule has 102 valence electrons. The number of ether oxygens (including phenoxy) is 1. The predicted octanol–water partition coefficient (Wildman–Crippen LogP) is -0.0793. The fourth-order valence-corrected chi connectivity index (χ4v) is 1.50. The molecule has 0 aliphatic carbocycles. The van der Waals surface area contributed by atoms with Crippen LogP contribution >= 0.6 is 0 Å². The van der Waals surface area contributed by atoms with E-state index in [1.807, 2.05) is 18.9 Å². The first-order valence-electron chi connectivity index (χ1n) is 6.05. The van der Waals surface area contributed by atoms with E-state index in [9.17, 15) is 4.79 Å². The Balaban J connectivity index is 2.75. The Kier molecular flexibility index (Phi) is 5.80. The number of nitrogens with zero attached hydrogens (tertiary/aromatic N) is 3. The lowest BCUT2D eigenvalue weighted by atomic mass is 10.2. The Bertz CT molecular complexity index is 419. The second-order valence-electron chi connectivity index (χ2n) is 4.49. The molecule has 0 saturated heterocycles. The van der Waals surface area contributed by atoms with Crippen LogP contribution in [0.4, 0.5) is 5.69 Å². The maximum absolute atomic E-state index is 11.9. The van der Waals surface area contributed by atoms with Gasteiger partial charge in [-0.25, -0.2) is 4.68 Å². The van der Waals surface area contributed by atoms with E-state index in [2.05, 4.69) is 5.10 Å². The van der Waals surface area contributed by atoms with E-state index in [4.69, 9.17) is 10.5 Å². The van der Waals surface area contributed by atoms with E-state index in [1.165, 1.54) is 4.68 Å². The summed E-state index contributed by atoms with van der Waals surface area (Å²) in [5.74, 6) is 0.243. The molecular weight excluding hydrogens is 232 g/mol. The third kappa shape index (κ3) is 4.12. The molecule has 6 nitrogen and oxygen atoms in total. The molecule has 0 aliphatic rings. The van der Waals surface area contributed by atoms with Gasteiger partial charge in [0.25, 0.3) is 5.56 Å². The first kappa shape index (κ1) is 14.7. The van der Waals surface area contributed by atoms with Gasteiger partial charge in [-0.3, -0.25) is 4.79 Å². The Labute approximate surface area is 107 Å². The van der Waals surface area contributed by atoms with E-state index < -0.39 is 0 Å². The Morgan fingerprint density at radius 1 is 1.61 bits per heavy atom. The molecule has 0 bridgehead atoms. The third-order valence-electron chi connectivity index (χ3n) is 2.81.